The smallest absolute Gasteiger partial charge is 0.408 e. The van der Waals surface area contributed by atoms with Crippen molar-refractivity contribution in [2.75, 3.05) is 24.6 Å². The number of hydrogen-bond donors (Lipinski definition) is 4. The van der Waals surface area contributed by atoms with E-state index in [1.807, 2.05) is 58.0 Å². The summed E-state index contributed by atoms with van der Waals surface area (Å²) in [5, 5.41) is 10.7. The predicted octanol–water partition coefficient (Wildman–Crippen LogP) is 4.56. The van der Waals surface area contributed by atoms with E-state index in [1.54, 1.807) is 56.4 Å². The minimum Gasteiger partial charge on any atom is -0.467 e. The van der Waals surface area contributed by atoms with Crippen LogP contribution in [0.3, 0.4) is 0 Å². The van der Waals surface area contributed by atoms with Crippen molar-refractivity contribution in [3.05, 3.63) is 60.1 Å². The van der Waals surface area contributed by atoms with E-state index in [1.165, 1.54) is 11.2 Å². The second-order valence-corrected chi connectivity index (χ2v) is 18.6. The molecule has 4 N–H and O–H groups in total. The first-order valence-electron chi connectivity index (χ1n) is 18.0. The number of rotatable bonds is 13. The summed E-state index contributed by atoms with van der Waals surface area (Å²) in [5.74, 6) is -1.21. The average molecular weight is 772 g/mol. The molecule has 2 aliphatic heterocycles. The lowest BCUT2D eigenvalue weighted by Crippen LogP contribution is -2.59. The quantitative estimate of drug-likeness (QED) is 0.211. The minimum atomic E-state index is -1.19. The number of carbonyl (C=O) groups is 6. The lowest BCUT2D eigenvalue weighted by Gasteiger charge is -2.36. The van der Waals surface area contributed by atoms with E-state index in [-0.39, 0.29) is 13.0 Å². The van der Waals surface area contributed by atoms with Crippen LogP contribution in [0.2, 0.25) is 0 Å². The van der Waals surface area contributed by atoms with Crippen molar-refractivity contribution in [2.24, 2.45) is 5.41 Å². The van der Waals surface area contributed by atoms with Crippen molar-refractivity contribution >= 4 is 59.0 Å². The van der Waals surface area contributed by atoms with Crippen LogP contribution in [0.25, 0.3) is 0 Å². The van der Waals surface area contributed by atoms with Crippen LogP contribution in [0.1, 0.15) is 91.5 Å². The fourth-order valence-corrected chi connectivity index (χ4v) is 9.58. The van der Waals surface area contributed by atoms with Crippen LogP contribution < -0.4 is 21.3 Å². The first-order chi connectivity index (χ1) is 24.9. The van der Waals surface area contributed by atoms with Gasteiger partial charge in [0, 0.05) is 13.0 Å². The van der Waals surface area contributed by atoms with Crippen molar-refractivity contribution in [2.45, 2.75) is 108 Å². The Morgan fingerprint density at radius 3 is 2.21 bits per heavy atom. The van der Waals surface area contributed by atoms with Crippen molar-refractivity contribution < 1.29 is 37.9 Å². The number of Topliss-reactive ketones (excluding diaryl/α,β-unsaturated/α-hetero) is 1. The van der Waals surface area contributed by atoms with E-state index < -0.39 is 81.3 Å². The Morgan fingerprint density at radius 1 is 0.943 bits per heavy atom. The SMILES string of the molecule is CCCC(NC(=O)[C@@H]1CC2(CN1C(=O)[C@@H](NC(=O)OC(C)(C)C)C(C)(C)C)SCCCS2)C(=O)C(=O)NCC(=O)NC(c1ccccc1)c1ccco1. The molecule has 2 aromatic rings. The predicted molar refractivity (Wildman–Crippen MR) is 205 cm³/mol. The van der Waals surface area contributed by atoms with Crippen molar-refractivity contribution in [1.82, 2.24) is 26.2 Å². The number of ether oxygens (including phenoxy) is 1. The molecule has 2 unspecified atom stereocenters. The van der Waals surface area contributed by atoms with Crippen LogP contribution in [-0.4, -0.2) is 92.8 Å². The van der Waals surface area contributed by atoms with E-state index in [9.17, 15) is 28.8 Å². The molecule has 2 saturated heterocycles. The average Bonchev–Trinajstić information content (AvgIpc) is 3.76. The molecule has 2 aliphatic rings. The summed E-state index contributed by atoms with van der Waals surface area (Å²) in [6.45, 7) is 12.3. The maximum Gasteiger partial charge on any atom is 0.408 e. The van der Waals surface area contributed by atoms with Crippen LogP contribution in [0, 0.1) is 5.41 Å². The number of likely N-dealkylation sites (tertiary alicyclic amines) is 1. The van der Waals surface area contributed by atoms with Gasteiger partial charge in [0.25, 0.3) is 5.91 Å². The highest BCUT2D eigenvalue weighted by atomic mass is 32.2. The minimum absolute atomic E-state index is 0.166. The largest absolute Gasteiger partial charge is 0.467 e. The molecular formula is C38H53N5O8S2. The van der Waals surface area contributed by atoms with E-state index in [4.69, 9.17) is 9.15 Å². The first-order valence-corrected chi connectivity index (χ1v) is 20.0. The molecule has 0 bridgehead atoms. The van der Waals surface area contributed by atoms with Crippen molar-refractivity contribution in [3.8, 4) is 0 Å². The maximum atomic E-state index is 14.4. The number of carbonyl (C=O) groups excluding carboxylic acids is 6. The van der Waals surface area contributed by atoms with Crippen molar-refractivity contribution in [3.63, 3.8) is 0 Å². The van der Waals surface area contributed by atoms with E-state index in [0.717, 1.165) is 23.5 Å². The Kier molecular flexibility index (Phi) is 14.1. The summed E-state index contributed by atoms with van der Waals surface area (Å²) in [5.41, 5.74) is -0.751. The van der Waals surface area contributed by atoms with E-state index in [2.05, 4.69) is 21.3 Å². The molecule has 0 radical (unpaired) electrons. The fraction of sp³-hybridized carbons (Fsp3) is 0.579. The molecule has 1 aromatic carbocycles. The summed E-state index contributed by atoms with van der Waals surface area (Å²) >= 11 is 3.42. The first kappa shape index (κ1) is 41.8. The molecule has 53 heavy (non-hydrogen) atoms. The Morgan fingerprint density at radius 2 is 1.62 bits per heavy atom. The van der Waals surface area contributed by atoms with E-state index >= 15 is 0 Å². The zero-order chi connectivity index (χ0) is 39.0. The number of benzene rings is 1. The number of thioether (sulfide) groups is 2. The second-order valence-electron chi connectivity index (χ2n) is 15.4. The molecule has 290 valence electrons. The molecule has 3 heterocycles. The van der Waals surface area contributed by atoms with Crippen molar-refractivity contribution in [1.29, 1.82) is 0 Å². The lowest BCUT2D eigenvalue weighted by atomic mass is 9.85. The normalized spacial score (nSPS) is 18.7. The summed E-state index contributed by atoms with van der Waals surface area (Å²) < 4.78 is 10.6. The lowest BCUT2D eigenvalue weighted by molar-refractivity contribution is -0.144. The number of hydrogen-bond acceptors (Lipinski definition) is 10. The molecule has 2 fully saturated rings. The highest BCUT2D eigenvalue weighted by molar-refractivity contribution is 8.18. The van der Waals surface area contributed by atoms with Crippen LogP contribution >= 0.6 is 23.5 Å². The highest BCUT2D eigenvalue weighted by Gasteiger charge is 2.53. The Labute approximate surface area is 320 Å². The topological polar surface area (TPSA) is 176 Å². The summed E-state index contributed by atoms with van der Waals surface area (Å²) in [6, 6.07) is 8.84. The molecule has 5 amide bonds. The maximum absolute atomic E-state index is 14.4. The highest BCUT2D eigenvalue weighted by Crippen LogP contribution is 2.50. The zero-order valence-electron chi connectivity index (χ0n) is 31.6. The number of furan rings is 1. The third kappa shape index (κ3) is 11.5. The molecular weight excluding hydrogens is 719 g/mol. The Bertz CT molecular complexity index is 1600. The van der Waals surface area contributed by atoms with Gasteiger partial charge in [-0.3, -0.25) is 24.0 Å². The molecule has 4 atom stereocenters. The molecule has 15 heteroatoms. The Hall–Kier alpha value is -3.98. The van der Waals surface area contributed by atoms with Gasteiger partial charge in [0.1, 0.15) is 29.5 Å². The summed E-state index contributed by atoms with van der Waals surface area (Å²) in [6.07, 6.45) is 2.73. The van der Waals surface area contributed by atoms with Gasteiger partial charge in [0.15, 0.2) is 0 Å². The second kappa shape index (κ2) is 17.9. The van der Waals surface area contributed by atoms with Gasteiger partial charge in [0.05, 0.1) is 22.9 Å². The van der Waals surface area contributed by atoms with Gasteiger partial charge in [0.2, 0.25) is 23.5 Å². The van der Waals surface area contributed by atoms with Gasteiger partial charge in [-0.1, -0.05) is 64.4 Å². The van der Waals surface area contributed by atoms with Crippen LogP contribution in [-0.2, 0) is 28.7 Å². The third-order valence-electron chi connectivity index (χ3n) is 8.78. The van der Waals surface area contributed by atoms with Gasteiger partial charge >= 0.3 is 6.09 Å². The van der Waals surface area contributed by atoms with Gasteiger partial charge in [-0.2, -0.15) is 0 Å². The van der Waals surface area contributed by atoms with Crippen LogP contribution in [0.4, 0.5) is 4.79 Å². The fourth-order valence-electron chi connectivity index (χ4n) is 6.23. The molecule has 1 aromatic heterocycles. The molecule has 0 aliphatic carbocycles. The number of alkyl carbamates (subject to hydrolysis) is 1. The van der Waals surface area contributed by atoms with Gasteiger partial charge in [-0.15, -0.1) is 23.5 Å². The molecule has 13 nitrogen and oxygen atoms in total. The van der Waals surface area contributed by atoms with Crippen LogP contribution in [0.15, 0.2) is 53.1 Å². The number of nitrogens with zero attached hydrogens (tertiary/aromatic N) is 1. The summed E-state index contributed by atoms with van der Waals surface area (Å²) in [4.78, 5) is 82.5. The third-order valence-corrected chi connectivity index (χ3v) is 12.1. The number of ketones is 1. The summed E-state index contributed by atoms with van der Waals surface area (Å²) in [7, 11) is 0. The van der Waals surface area contributed by atoms with Gasteiger partial charge in [-0.25, -0.2) is 4.79 Å². The monoisotopic (exact) mass is 771 g/mol. The Balaban J connectivity index is 1.47. The number of nitrogens with one attached hydrogen (secondary N) is 4. The zero-order valence-corrected chi connectivity index (χ0v) is 33.2. The molecule has 1 spiro atoms. The van der Waals surface area contributed by atoms with Gasteiger partial charge < -0.3 is 35.3 Å². The number of amides is 5. The van der Waals surface area contributed by atoms with Crippen LogP contribution in [0.5, 0.6) is 0 Å². The molecule has 4 rings (SSSR count). The molecule has 0 saturated carbocycles. The van der Waals surface area contributed by atoms with Gasteiger partial charge in [-0.05, 0) is 68.2 Å². The standard InChI is InChI=1S/C38H53N5O8S2/c1-8-14-25(30(45)33(47)39-22-28(44)41-29(27-17-12-18-50-27)24-15-10-9-11-16-24)40-32(46)26-21-38(52-19-13-20-53-38)23-43(26)34(48)31(36(2,3)4)42-35(49)51-37(5,6)7/h9-12,15-18,25-26,29,31H,8,13-14,19-23H2,1-7H3,(H,39,47)(H,40,46)(H,41,44)(H,42,49)/t25?,26-,29?,31+/m0/s1. The van der Waals surface area contributed by atoms with E-state index in [0.29, 0.717) is 18.6 Å².